The van der Waals surface area contributed by atoms with Gasteiger partial charge >= 0.3 is 0 Å². The summed E-state index contributed by atoms with van der Waals surface area (Å²) in [5, 5.41) is 0. The Labute approximate surface area is 138 Å². The van der Waals surface area contributed by atoms with Crippen LogP contribution in [-0.2, 0) is 0 Å². The van der Waals surface area contributed by atoms with Gasteiger partial charge in [-0.05, 0) is 42.4 Å². The van der Waals surface area contributed by atoms with Gasteiger partial charge in [-0.1, -0.05) is 70.8 Å². The highest BCUT2D eigenvalue weighted by molar-refractivity contribution is 6.77. The highest BCUT2D eigenvalue weighted by Crippen LogP contribution is 2.35. The average molecular weight is 319 g/mol. The largest absolute Gasteiger partial charge is 0.497 e. The standard InChI is InChI=1S/C20H34OSi/c1-5-6-15-22(3,4)16-21-20-13-11-19(12-14-20)18-9-7-17(2)8-10-18/h11-14,17-18H,5-10,15-16H2,1-4H3. The molecule has 0 bridgehead atoms. The fourth-order valence-electron chi connectivity index (χ4n) is 3.44. The molecule has 1 aromatic rings. The van der Waals surface area contributed by atoms with Gasteiger partial charge in [-0.15, -0.1) is 0 Å². The molecular formula is C20H34OSi. The normalized spacial score (nSPS) is 22.5. The van der Waals surface area contributed by atoms with Crippen LogP contribution in [0.2, 0.25) is 19.1 Å². The summed E-state index contributed by atoms with van der Waals surface area (Å²) in [6, 6.07) is 10.4. The molecule has 1 nitrogen and oxygen atoms in total. The first-order valence-electron chi connectivity index (χ1n) is 9.23. The summed E-state index contributed by atoms with van der Waals surface area (Å²) in [5.41, 5.74) is 1.52. The van der Waals surface area contributed by atoms with Gasteiger partial charge in [-0.25, -0.2) is 0 Å². The van der Waals surface area contributed by atoms with Crippen molar-refractivity contribution in [3.8, 4) is 5.75 Å². The van der Waals surface area contributed by atoms with E-state index in [0.717, 1.165) is 23.8 Å². The highest BCUT2D eigenvalue weighted by Gasteiger charge is 2.22. The van der Waals surface area contributed by atoms with E-state index in [2.05, 4.69) is 51.2 Å². The van der Waals surface area contributed by atoms with Crippen LogP contribution >= 0.6 is 0 Å². The van der Waals surface area contributed by atoms with Gasteiger partial charge in [0.25, 0.3) is 0 Å². The molecule has 2 heteroatoms. The van der Waals surface area contributed by atoms with Crippen LogP contribution in [0.25, 0.3) is 0 Å². The second-order valence-corrected chi connectivity index (χ2v) is 13.2. The summed E-state index contributed by atoms with van der Waals surface area (Å²) in [7, 11) is -1.18. The summed E-state index contributed by atoms with van der Waals surface area (Å²) in [6.45, 7) is 9.55. The van der Waals surface area contributed by atoms with Crippen molar-refractivity contribution >= 4 is 8.07 Å². The predicted molar refractivity (Wildman–Crippen MR) is 99.5 cm³/mol. The Hall–Kier alpha value is -0.763. The Morgan fingerprint density at radius 3 is 2.27 bits per heavy atom. The van der Waals surface area contributed by atoms with E-state index in [0.29, 0.717) is 0 Å². The third-order valence-electron chi connectivity index (χ3n) is 5.20. The van der Waals surface area contributed by atoms with E-state index in [-0.39, 0.29) is 0 Å². The predicted octanol–water partition coefficient (Wildman–Crippen LogP) is 6.41. The Morgan fingerprint density at radius 2 is 1.68 bits per heavy atom. The molecule has 1 aliphatic carbocycles. The molecule has 2 rings (SSSR count). The van der Waals surface area contributed by atoms with Crippen molar-refractivity contribution in [2.45, 2.75) is 77.4 Å². The van der Waals surface area contributed by atoms with Crippen molar-refractivity contribution < 1.29 is 4.74 Å². The molecule has 0 N–H and O–H groups in total. The van der Waals surface area contributed by atoms with Gasteiger partial charge in [0.2, 0.25) is 0 Å². The zero-order valence-corrected chi connectivity index (χ0v) is 16.0. The van der Waals surface area contributed by atoms with Gasteiger partial charge in [0.1, 0.15) is 5.75 Å². The lowest BCUT2D eigenvalue weighted by atomic mass is 9.79. The number of hydrogen-bond acceptors (Lipinski definition) is 1. The average Bonchev–Trinajstić information content (AvgIpc) is 2.52. The van der Waals surface area contributed by atoms with E-state index in [1.54, 1.807) is 0 Å². The van der Waals surface area contributed by atoms with Crippen LogP contribution in [0.15, 0.2) is 24.3 Å². The Kier molecular flexibility index (Phi) is 6.55. The summed E-state index contributed by atoms with van der Waals surface area (Å²) in [4.78, 5) is 0. The lowest BCUT2D eigenvalue weighted by molar-refractivity contribution is 0.347. The third-order valence-corrected chi connectivity index (χ3v) is 7.84. The summed E-state index contributed by atoms with van der Waals surface area (Å²) in [6.07, 6.45) is 9.09. The molecule has 22 heavy (non-hydrogen) atoms. The fraction of sp³-hybridized carbons (Fsp3) is 0.700. The van der Waals surface area contributed by atoms with Crippen LogP contribution in [0, 0.1) is 5.92 Å². The van der Waals surface area contributed by atoms with Gasteiger partial charge in [0.15, 0.2) is 0 Å². The molecule has 0 unspecified atom stereocenters. The zero-order chi connectivity index (χ0) is 16.0. The van der Waals surface area contributed by atoms with Crippen LogP contribution in [0.1, 0.15) is 63.9 Å². The van der Waals surface area contributed by atoms with Crippen LogP contribution < -0.4 is 4.74 Å². The van der Waals surface area contributed by atoms with Crippen molar-refractivity contribution in [3.63, 3.8) is 0 Å². The fourth-order valence-corrected chi connectivity index (χ4v) is 5.45. The molecule has 1 aliphatic rings. The van der Waals surface area contributed by atoms with Gasteiger partial charge in [-0.3, -0.25) is 0 Å². The summed E-state index contributed by atoms with van der Waals surface area (Å²) < 4.78 is 6.09. The number of unbranched alkanes of at least 4 members (excludes halogenated alkanes) is 1. The maximum absolute atomic E-state index is 6.09. The van der Waals surface area contributed by atoms with Crippen LogP contribution in [0.5, 0.6) is 5.75 Å². The minimum absolute atomic E-state index is 0.778. The Bertz CT molecular complexity index is 430. The number of rotatable bonds is 7. The second-order valence-electron chi connectivity index (χ2n) is 8.08. The first-order chi connectivity index (χ1) is 10.5. The molecule has 0 radical (unpaired) electrons. The molecule has 1 fully saturated rings. The van der Waals surface area contributed by atoms with Crippen molar-refractivity contribution in [2.24, 2.45) is 5.92 Å². The molecule has 0 amide bonds. The van der Waals surface area contributed by atoms with E-state index in [4.69, 9.17) is 4.74 Å². The van der Waals surface area contributed by atoms with E-state index in [1.165, 1.54) is 50.1 Å². The van der Waals surface area contributed by atoms with Crippen LogP contribution in [-0.4, -0.2) is 14.3 Å². The third kappa shape index (κ3) is 5.46. The lowest BCUT2D eigenvalue weighted by Gasteiger charge is -2.26. The Morgan fingerprint density at radius 1 is 1.05 bits per heavy atom. The minimum Gasteiger partial charge on any atom is -0.497 e. The smallest absolute Gasteiger partial charge is 0.118 e. The maximum Gasteiger partial charge on any atom is 0.118 e. The molecule has 1 aromatic carbocycles. The highest BCUT2D eigenvalue weighted by atomic mass is 28.3. The summed E-state index contributed by atoms with van der Waals surface area (Å²) >= 11 is 0. The number of benzene rings is 1. The van der Waals surface area contributed by atoms with Crippen molar-refractivity contribution in [1.82, 2.24) is 0 Å². The maximum atomic E-state index is 6.09. The Balaban J connectivity index is 1.84. The summed E-state index contributed by atoms with van der Waals surface area (Å²) in [5.74, 6) is 2.76. The van der Waals surface area contributed by atoms with Crippen molar-refractivity contribution in [2.75, 3.05) is 6.23 Å². The van der Waals surface area contributed by atoms with Crippen molar-refractivity contribution in [1.29, 1.82) is 0 Å². The van der Waals surface area contributed by atoms with Gasteiger partial charge in [0.05, 0.1) is 14.3 Å². The monoisotopic (exact) mass is 318 g/mol. The number of ether oxygens (including phenoxy) is 1. The molecule has 1 saturated carbocycles. The molecule has 0 saturated heterocycles. The first kappa shape index (κ1) is 17.6. The second kappa shape index (κ2) is 8.19. The zero-order valence-electron chi connectivity index (χ0n) is 15.0. The lowest BCUT2D eigenvalue weighted by Crippen LogP contribution is -2.34. The van der Waals surface area contributed by atoms with E-state index in [1.807, 2.05) is 0 Å². The first-order valence-corrected chi connectivity index (χ1v) is 12.6. The molecule has 0 aliphatic heterocycles. The topological polar surface area (TPSA) is 9.23 Å². The number of hydrogen-bond donors (Lipinski definition) is 0. The van der Waals surface area contributed by atoms with Gasteiger partial charge in [0, 0.05) is 0 Å². The van der Waals surface area contributed by atoms with E-state index >= 15 is 0 Å². The molecule has 0 atom stereocenters. The van der Waals surface area contributed by atoms with Crippen molar-refractivity contribution in [3.05, 3.63) is 29.8 Å². The molecule has 0 spiro atoms. The minimum atomic E-state index is -1.18. The van der Waals surface area contributed by atoms with Crippen LogP contribution in [0.3, 0.4) is 0 Å². The molecule has 0 aromatic heterocycles. The SMILES string of the molecule is CCCC[Si](C)(C)COc1ccc(C2CCC(C)CC2)cc1. The molecule has 124 valence electrons. The molecule has 0 heterocycles. The van der Waals surface area contributed by atoms with E-state index < -0.39 is 8.07 Å². The van der Waals surface area contributed by atoms with Gasteiger partial charge < -0.3 is 4.74 Å². The van der Waals surface area contributed by atoms with Gasteiger partial charge in [-0.2, -0.15) is 0 Å². The van der Waals surface area contributed by atoms with Crippen LogP contribution in [0.4, 0.5) is 0 Å². The quantitative estimate of drug-likeness (QED) is 0.528. The molecular weight excluding hydrogens is 284 g/mol. The van der Waals surface area contributed by atoms with E-state index in [9.17, 15) is 0 Å².